The highest BCUT2D eigenvalue weighted by molar-refractivity contribution is 7.71. The van der Waals surface area contributed by atoms with Gasteiger partial charge in [-0.05, 0) is 41.4 Å². The lowest BCUT2D eigenvalue weighted by Crippen LogP contribution is -2.24. The minimum absolute atomic E-state index is 0.0259. The Balaban J connectivity index is 1.59. The van der Waals surface area contributed by atoms with Crippen LogP contribution in [-0.2, 0) is 17.9 Å². The normalized spacial score (nSPS) is 10.6. The number of rotatable bonds is 6. The van der Waals surface area contributed by atoms with Crippen LogP contribution in [-0.4, -0.2) is 25.7 Å². The first-order valence-corrected chi connectivity index (χ1v) is 8.37. The summed E-state index contributed by atoms with van der Waals surface area (Å²) in [6.07, 6.45) is 3.76. The molecule has 0 aliphatic rings. The summed E-state index contributed by atoms with van der Waals surface area (Å²) in [4.78, 5) is 17.0. The molecule has 3 rings (SSSR count). The van der Waals surface area contributed by atoms with E-state index in [4.69, 9.17) is 12.2 Å². The van der Waals surface area contributed by atoms with Gasteiger partial charge in [-0.2, -0.15) is 5.10 Å². The molecule has 1 amide bonds. The zero-order chi connectivity index (χ0) is 16.1. The molecule has 0 saturated heterocycles. The largest absolute Gasteiger partial charge is 0.352 e. The Morgan fingerprint density at radius 2 is 2.17 bits per heavy atom. The molecule has 0 radical (unpaired) electrons. The van der Waals surface area contributed by atoms with Gasteiger partial charge in [0.2, 0.25) is 5.91 Å². The van der Waals surface area contributed by atoms with Gasteiger partial charge in [0.1, 0.15) is 0 Å². The fourth-order valence-electron chi connectivity index (χ4n) is 2.12. The van der Waals surface area contributed by atoms with Crippen molar-refractivity contribution < 1.29 is 4.79 Å². The summed E-state index contributed by atoms with van der Waals surface area (Å²) in [6, 6.07) is 7.70. The molecule has 6 nitrogen and oxygen atoms in total. The van der Waals surface area contributed by atoms with Crippen LogP contribution in [0.1, 0.15) is 12.0 Å². The highest BCUT2D eigenvalue weighted by Gasteiger charge is 2.11. The summed E-state index contributed by atoms with van der Waals surface area (Å²) in [5.74, 6) is 0.744. The van der Waals surface area contributed by atoms with Crippen molar-refractivity contribution in [2.75, 3.05) is 0 Å². The van der Waals surface area contributed by atoms with Crippen molar-refractivity contribution in [1.29, 1.82) is 0 Å². The van der Waals surface area contributed by atoms with Crippen LogP contribution in [0.5, 0.6) is 0 Å². The number of H-pyrrole nitrogens is 1. The Kier molecular flexibility index (Phi) is 4.94. The molecule has 0 spiro atoms. The van der Waals surface area contributed by atoms with Crippen molar-refractivity contribution in [3.8, 4) is 10.7 Å². The van der Waals surface area contributed by atoms with Gasteiger partial charge in [0.05, 0.1) is 4.88 Å². The lowest BCUT2D eigenvalue weighted by atomic mass is 10.2. The van der Waals surface area contributed by atoms with Crippen molar-refractivity contribution in [1.82, 2.24) is 25.1 Å². The second-order valence-corrected chi connectivity index (χ2v) is 6.20. The van der Waals surface area contributed by atoms with Gasteiger partial charge in [0.25, 0.3) is 0 Å². The number of amides is 1. The molecule has 0 fully saturated rings. The lowest BCUT2D eigenvalue weighted by molar-refractivity contribution is -0.121. The first kappa shape index (κ1) is 15.6. The van der Waals surface area contributed by atoms with Crippen LogP contribution in [0.3, 0.4) is 0 Å². The molecule has 8 heteroatoms. The number of aromatic nitrogens is 4. The number of nitrogens with one attached hydrogen (secondary N) is 2. The van der Waals surface area contributed by atoms with Crippen LogP contribution in [0, 0.1) is 4.77 Å². The van der Waals surface area contributed by atoms with E-state index in [2.05, 4.69) is 20.5 Å². The molecule has 2 N–H and O–H groups in total. The van der Waals surface area contributed by atoms with E-state index in [1.54, 1.807) is 23.7 Å². The molecule has 3 aromatic rings. The second-order valence-electron chi connectivity index (χ2n) is 4.86. The van der Waals surface area contributed by atoms with Crippen LogP contribution in [0.4, 0.5) is 0 Å². The molecule has 23 heavy (non-hydrogen) atoms. The third-order valence-corrected chi connectivity index (χ3v) is 4.48. The van der Waals surface area contributed by atoms with E-state index in [1.807, 2.05) is 34.2 Å². The van der Waals surface area contributed by atoms with Gasteiger partial charge in [-0.1, -0.05) is 6.07 Å². The summed E-state index contributed by atoms with van der Waals surface area (Å²) < 4.78 is 2.38. The first-order chi connectivity index (χ1) is 11.2. The number of carbonyl (C=O) groups excluding carboxylic acids is 1. The van der Waals surface area contributed by atoms with Crippen LogP contribution in [0.25, 0.3) is 10.7 Å². The van der Waals surface area contributed by atoms with E-state index in [0.29, 0.717) is 24.3 Å². The second kappa shape index (κ2) is 7.30. The first-order valence-electron chi connectivity index (χ1n) is 7.09. The number of nitrogens with zero attached hydrogens (tertiary/aromatic N) is 3. The molecule has 0 unspecified atom stereocenters. The Morgan fingerprint density at radius 1 is 1.35 bits per heavy atom. The third-order valence-electron chi connectivity index (χ3n) is 3.30. The quantitative estimate of drug-likeness (QED) is 0.674. The maximum atomic E-state index is 12.0. The fraction of sp³-hybridized carbons (Fsp3) is 0.200. The predicted octanol–water partition coefficient (Wildman–Crippen LogP) is 2.77. The highest BCUT2D eigenvalue weighted by Crippen LogP contribution is 2.22. The minimum Gasteiger partial charge on any atom is -0.352 e. The summed E-state index contributed by atoms with van der Waals surface area (Å²) in [6.45, 7) is 0.987. The highest BCUT2D eigenvalue weighted by atomic mass is 32.1. The molecule has 118 valence electrons. The molecular weight excluding hydrogens is 330 g/mol. The molecule has 3 aromatic heterocycles. The van der Waals surface area contributed by atoms with Crippen molar-refractivity contribution in [2.45, 2.75) is 19.5 Å². The van der Waals surface area contributed by atoms with Crippen LogP contribution >= 0.6 is 23.6 Å². The van der Waals surface area contributed by atoms with Gasteiger partial charge in [0.15, 0.2) is 10.6 Å². The van der Waals surface area contributed by atoms with Gasteiger partial charge in [0, 0.05) is 31.9 Å². The van der Waals surface area contributed by atoms with Gasteiger partial charge in [-0.15, -0.1) is 11.3 Å². The van der Waals surface area contributed by atoms with Crippen molar-refractivity contribution in [2.24, 2.45) is 0 Å². The van der Waals surface area contributed by atoms with Crippen LogP contribution in [0.15, 0.2) is 42.0 Å². The Morgan fingerprint density at radius 3 is 2.91 bits per heavy atom. The molecule has 0 atom stereocenters. The van der Waals surface area contributed by atoms with E-state index < -0.39 is 0 Å². The lowest BCUT2D eigenvalue weighted by Gasteiger charge is -2.07. The molecule has 0 aromatic carbocycles. The molecule has 0 saturated carbocycles. The molecule has 3 heterocycles. The van der Waals surface area contributed by atoms with E-state index in [1.165, 1.54) is 0 Å². The standard InChI is InChI=1S/C15H15N5OS2/c21-13(17-10-11-3-6-16-7-4-11)5-8-20-14(18-19-15(20)22)12-2-1-9-23-12/h1-4,6-7,9H,5,8,10H2,(H,17,21)(H,19,22). The van der Waals surface area contributed by atoms with Gasteiger partial charge >= 0.3 is 0 Å². The summed E-state index contributed by atoms with van der Waals surface area (Å²) in [7, 11) is 0. The van der Waals surface area contributed by atoms with Crippen LogP contribution < -0.4 is 5.32 Å². The van der Waals surface area contributed by atoms with Gasteiger partial charge in [-0.3, -0.25) is 19.4 Å². The minimum atomic E-state index is -0.0259. The third kappa shape index (κ3) is 3.91. The number of hydrogen-bond acceptors (Lipinski definition) is 5. The smallest absolute Gasteiger partial charge is 0.222 e. The molecule has 0 bridgehead atoms. The van der Waals surface area contributed by atoms with E-state index in [0.717, 1.165) is 16.3 Å². The maximum absolute atomic E-state index is 12.0. The van der Waals surface area contributed by atoms with E-state index >= 15 is 0 Å². The average Bonchev–Trinajstić information content (AvgIpc) is 3.21. The van der Waals surface area contributed by atoms with Crippen molar-refractivity contribution >= 4 is 29.5 Å². The zero-order valence-electron chi connectivity index (χ0n) is 12.2. The Bertz CT molecular complexity index is 823. The molecule has 0 aliphatic carbocycles. The molecule has 0 aliphatic heterocycles. The Hall–Kier alpha value is -2.32. The van der Waals surface area contributed by atoms with Crippen LogP contribution in [0.2, 0.25) is 0 Å². The predicted molar refractivity (Wildman–Crippen MR) is 91.4 cm³/mol. The number of aromatic amines is 1. The average molecular weight is 345 g/mol. The molecular formula is C15H15N5OS2. The number of pyridine rings is 1. The van der Waals surface area contributed by atoms with Gasteiger partial charge < -0.3 is 5.32 Å². The van der Waals surface area contributed by atoms with Gasteiger partial charge in [-0.25, -0.2) is 0 Å². The van der Waals surface area contributed by atoms with Crippen molar-refractivity contribution in [3.63, 3.8) is 0 Å². The Labute approximate surface area is 142 Å². The van der Waals surface area contributed by atoms with Crippen molar-refractivity contribution in [3.05, 3.63) is 52.4 Å². The number of carbonyl (C=O) groups is 1. The van der Waals surface area contributed by atoms with E-state index in [9.17, 15) is 4.79 Å². The summed E-state index contributed by atoms with van der Waals surface area (Å²) >= 11 is 6.84. The SMILES string of the molecule is O=C(CCn1c(-c2cccs2)n[nH]c1=S)NCc1ccncc1. The zero-order valence-corrected chi connectivity index (χ0v) is 13.9. The maximum Gasteiger partial charge on any atom is 0.222 e. The summed E-state index contributed by atoms with van der Waals surface area (Å²) in [5, 5.41) is 11.9. The topological polar surface area (TPSA) is 75.6 Å². The monoisotopic (exact) mass is 345 g/mol. The fourth-order valence-corrected chi connectivity index (χ4v) is 3.07. The van der Waals surface area contributed by atoms with E-state index in [-0.39, 0.29) is 5.91 Å². The number of hydrogen-bond donors (Lipinski definition) is 2. The summed E-state index contributed by atoms with van der Waals surface area (Å²) in [5.41, 5.74) is 1.02. The number of thiophene rings is 1.